The Morgan fingerprint density at radius 1 is 1.14 bits per heavy atom. The molecule has 0 atom stereocenters. The van der Waals surface area contributed by atoms with Crippen LogP contribution in [0.15, 0.2) is 53.2 Å². The smallest absolute Gasteiger partial charge is 0.363 e. The van der Waals surface area contributed by atoms with Gasteiger partial charge in [0, 0.05) is 0 Å². The number of cyclic esters (lactones) is 1. The van der Waals surface area contributed by atoms with Crippen molar-refractivity contribution >= 4 is 17.9 Å². The van der Waals surface area contributed by atoms with E-state index in [1.165, 1.54) is 12.1 Å². The number of halogens is 1. The van der Waals surface area contributed by atoms with E-state index >= 15 is 0 Å². The third kappa shape index (κ3) is 2.68. The molecule has 0 N–H and O–H groups in total. The fourth-order valence-corrected chi connectivity index (χ4v) is 2.29. The summed E-state index contributed by atoms with van der Waals surface area (Å²) in [4.78, 5) is 16.0. The number of hydrogen-bond acceptors (Lipinski definition) is 3. The monoisotopic (exact) mass is 295 g/mol. The van der Waals surface area contributed by atoms with Crippen LogP contribution in [0.25, 0.3) is 6.08 Å². The average molecular weight is 295 g/mol. The second-order valence-corrected chi connectivity index (χ2v) is 5.18. The Morgan fingerprint density at radius 3 is 2.64 bits per heavy atom. The Labute approximate surface area is 127 Å². The fourth-order valence-electron chi connectivity index (χ4n) is 2.29. The van der Waals surface area contributed by atoms with Gasteiger partial charge in [0.2, 0.25) is 5.90 Å². The van der Waals surface area contributed by atoms with Crippen molar-refractivity contribution in [3.8, 4) is 0 Å². The highest BCUT2D eigenvalue weighted by Crippen LogP contribution is 2.22. The first-order valence-corrected chi connectivity index (χ1v) is 6.89. The number of carbonyl (C=O) groups excluding carboxylic acids is 1. The Kier molecular flexibility index (Phi) is 3.59. The van der Waals surface area contributed by atoms with Crippen molar-refractivity contribution in [3.63, 3.8) is 0 Å². The van der Waals surface area contributed by atoms with Crippen LogP contribution in [0, 0.1) is 19.7 Å². The Bertz CT molecular complexity index is 822. The van der Waals surface area contributed by atoms with Gasteiger partial charge in [-0.15, -0.1) is 0 Å². The lowest BCUT2D eigenvalue weighted by Crippen LogP contribution is -2.07. The number of hydrogen-bond donors (Lipinski definition) is 0. The van der Waals surface area contributed by atoms with Crippen LogP contribution in [-0.2, 0) is 9.53 Å². The van der Waals surface area contributed by atoms with Gasteiger partial charge >= 0.3 is 5.97 Å². The lowest BCUT2D eigenvalue weighted by molar-refractivity contribution is -0.129. The number of aliphatic imine (C=N–C) groups is 1. The minimum atomic E-state index is -0.571. The van der Waals surface area contributed by atoms with Crippen molar-refractivity contribution in [2.45, 2.75) is 13.8 Å². The molecule has 0 aliphatic carbocycles. The van der Waals surface area contributed by atoms with E-state index in [1.807, 2.05) is 32.0 Å². The number of benzene rings is 2. The third-order valence-electron chi connectivity index (χ3n) is 3.44. The topological polar surface area (TPSA) is 38.7 Å². The van der Waals surface area contributed by atoms with Gasteiger partial charge < -0.3 is 4.74 Å². The van der Waals surface area contributed by atoms with Crippen LogP contribution in [0.3, 0.4) is 0 Å². The quantitative estimate of drug-likeness (QED) is 0.624. The van der Waals surface area contributed by atoms with Crippen molar-refractivity contribution in [1.82, 2.24) is 0 Å². The minimum Gasteiger partial charge on any atom is -0.402 e. The molecule has 1 aliphatic heterocycles. The second kappa shape index (κ2) is 5.56. The molecule has 3 nitrogen and oxygen atoms in total. The molecule has 2 aromatic carbocycles. The average Bonchev–Trinajstić information content (AvgIpc) is 2.83. The number of nitrogens with zero attached hydrogens (tertiary/aromatic N) is 1. The van der Waals surface area contributed by atoms with Crippen LogP contribution in [0.2, 0.25) is 0 Å². The highest BCUT2D eigenvalue weighted by atomic mass is 19.1. The van der Waals surface area contributed by atoms with E-state index in [9.17, 15) is 9.18 Å². The summed E-state index contributed by atoms with van der Waals surface area (Å²) < 4.78 is 18.8. The van der Waals surface area contributed by atoms with Crippen LogP contribution in [0.1, 0.15) is 22.3 Å². The SMILES string of the molecule is Cc1ccc(/C=C2/N=C(c3ccccc3F)OC2=O)c(C)c1. The first-order valence-electron chi connectivity index (χ1n) is 6.89. The lowest BCUT2D eigenvalue weighted by Gasteiger charge is -2.01. The van der Waals surface area contributed by atoms with Crippen molar-refractivity contribution < 1.29 is 13.9 Å². The van der Waals surface area contributed by atoms with E-state index in [2.05, 4.69) is 4.99 Å². The van der Waals surface area contributed by atoms with Gasteiger partial charge in [0.15, 0.2) is 5.70 Å². The summed E-state index contributed by atoms with van der Waals surface area (Å²) in [6.45, 7) is 3.96. The molecule has 2 aromatic rings. The summed E-state index contributed by atoms with van der Waals surface area (Å²) in [7, 11) is 0. The molecule has 0 unspecified atom stereocenters. The molecule has 22 heavy (non-hydrogen) atoms. The molecule has 3 rings (SSSR count). The highest BCUT2D eigenvalue weighted by molar-refractivity contribution is 6.13. The zero-order valence-electron chi connectivity index (χ0n) is 12.3. The van der Waals surface area contributed by atoms with Gasteiger partial charge in [-0.1, -0.05) is 35.9 Å². The largest absolute Gasteiger partial charge is 0.402 e. The van der Waals surface area contributed by atoms with Gasteiger partial charge in [0.1, 0.15) is 5.82 Å². The van der Waals surface area contributed by atoms with E-state index in [0.29, 0.717) is 0 Å². The Hall–Kier alpha value is -2.75. The first kappa shape index (κ1) is 14.2. The lowest BCUT2D eigenvalue weighted by atomic mass is 10.0. The highest BCUT2D eigenvalue weighted by Gasteiger charge is 2.25. The molecule has 1 aliphatic rings. The van der Waals surface area contributed by atoms with Gasteiger partial charge in [-0.3, -0.25) is 0 Å². The fraction of sp³-hybridized carbons (Fsp3) is 0.111. The second-order valence-electron chi connectivity index (χ2n) is 5.18. The van der Waals surface area contributed by atoms with E-state index in [0.717, 1.165) is 16.7 Å². The standard InChI is InChI=1S/C18H14FNO2/c1-11-7-8-13(12(2)9-11)10-16-18(21)22-17(20-16)14-5-3-4-6-15(14)19/h3-10H,1-2H3/b16-10+. The van der Waals surface area contributed by atoms with E-state index in [4.69, 9.17) is 4.74 Å². The summed E-state index contributed by atoms with van der Waals surface area (Å²) in [5, 5.41) is 0. The van der Waals surface area contributed by atoms with Crippen molar-refractivity contribution in [2.24, 2.45) is 4.99 Å². The Morgan fingerprint density at radius 2 is 1.91 bits per heavy atom. The molecule has 0 saturated carbocycles. The van der Waals surface area contributed by atoms with E-state index in [1.54, 1.807) is 18.2 Å². The third-order valence-corrected chi connectivity index (χ3v) is 3.44. The van der Waals surface area contributed by atoms with Crippen molar-refractivity contribution in [3.05, 3.63) is 76.2 Å². The number of carbonyl (C=O) groups is 1. The molecular weight excluding hydrogens is 281 g/mol. The van der Waals surface area contributed by atoms with Crippen molar-refractivity contribution in [1.29, 1.82) is 0 Å². The van der Waals surface area contributed by atoms with Crippen LogP contribution in [0.5, 0.6) is 0 Å². The molecule has 0 saturated heterocycles. The molecule has 110 valence electrons. The zero-order chi connectivity index (χ0) is 15.7. The van der Waals surface area contributed by atoms with Gasteiger partial charge in [-0.2, -0.15) is 0 Å². The van der Waals surface area contributed by atoms with Crippen LogP contribution < -0.4 is 0 Å². The number of ether oxygens (including phenoxy) is 1. The molecule has 1 heterocycles. The van der Waals surface area contributed by atoms with Gasteiger partial charge in [-0.25, -0.2) is 14.2 Å². The molecule has 0 spiro atoms. The van der Waals surface area contributed by atoms with E-state index < -0.39 is 11.8 Å². The molecule has 4 heteroatoms. The number of rotatable bonds is 2. The number of esters is 1. The minimum absolute atomic E-state index is 0.000820. The van der Waals surface area contributed by atoms with Crippen LogP contribution >= 0.6 is 0 Å². The van der Waals surface area contributed by atoms with E-state index in [-0.39, 0.29) is 17.2 Å². The number of aryl methyl sites for hydroxylation is 2. The molecule has 0 aromatic heterocycles. The molecule has 0 amide bonds. The summed E-state index contributed by atoms with van der Waals surface area (Å²) in [5.41, 5.74) is 3.42. The summed E-state index contributed by atoms with van der Waals surface area (Å²) in [6.07, 6.45) is 1.66. The van der Waals surface area contributed by atoms with Crippen molar-refractivity contribution in [2.75, 3.05) is 0 Å². The summed E-state index contributed by atoms with van der Waals surface area (Å²) in [5.74, 6) is -1.04. The summed E-state index contributed by atoms with van der Waals surface area (Å²) >= 11 is 0. The van der Waals surface area contributed by atoms with Gasteiger partial charge in [0.05, 0.1) is 5.56 Å². The molecular formula is C18H14FNO2. The predicted octanol–water partition coefficient (Wildman–Crippen LogP) is 3.79. The molecule has 0 radical (unpaired) electrons. The summed E-state index contributed by atoms with van der Waals surface area (Å²) in [6, 6.07) is 12.0. The Balaban J connectivity index is 2.00. The van der Waals surface area contributed by atoms with Gasteiger partial charge in [-0.05, 0) is 43.2 Å². The normalized spacial score (nSPS) is 15.9. The zero-order valence-corrected chi connectivity index (χ0v) is 12.3. The maximum Gasteiger partial charge on any atom is 0.363 e. The first-order chi connectivity index (χ1) is 10.5. The molecule has 0 bridgehead atoms. The van der Waals surface area contributed by atoms with Crippen LogP contribution in [0.4, 0.5) is 4.39 Å². The maximum atomic E-state index is 13.7. The van der Waals surface area contributed by atoms with Crippen LogP contribution in [-0.4, -0.2) is 11.9 Å². The molecule has 0 fully saturated rings. The van der Waals surface area contributed by atoms with Gasteiger partial charge in [0.25, 0.3) is 0 Å². The predicted molar refractivity (Wildman–Crippen MR) is 82.9 cm³/mol. The maximum absolute atomic E-state index is 13.7.